The number of piperazine rings is 1. The zero-order valence-corrected chi connectivity index (χ0v) is 16.4. The number of carbonyl (C=O) groups excluding carboxylic acids is 1. The third kappa shape index (κ3) is 3.95. The van der Waals surface area contributed by atoms with Crippen LogP contribution in [0.1, 0.15) is 6.92 Å². The summed E-state index contributed by atoms with van der Waals surface area (Å²) in [5.74, 6) is 1.92. The second-order valence-corrected chi connectivity index (χ2v) is 7.75. The Hall–Kier alpha value is -2.48. The van der Waals surface area contributed by atoms with Crippen LogP contribution in [0.5, 0.6) is 0 Å². The molecule has 2 amide bonds. The van der Waals surface area contributed by atoms with Crippen LogP contribution in [-0.4, -0.2) is 77.9 Å². The first-order chi connectivity index (χ1) is 13.1. The van der Waals surface area contributed by atoms with Gasteiger partial charge in [-0.05, 0) is 37.4 Å². The number of nitrogens with one attached hydrogen (secondary N) is 1. The normalized spacial score (nSPS) is 21.7. The fourth-order valence-electron chi connectivity index (χ4n) is 3.42. The topological polar surface area (TPSA) is 63.5 Å². The second kappa shape index (κ2) is 7.64. The molecule has 0 aliphatic carbocycles. The average Bonchev–Trinajstić information content (AvgIpc) is 3.08. The summed E-state index contributed by atoms with van der Waals surface area (Å²) in [5, 5.41) is 2.98. The SMILES string of the molecule is CSc1ccc(NC(=O)N2CCN(C3=CC4=N[C@H](C)CN4C=N3)CC2)cc1. The highest BCUT2D eigenvalue weighted by Gasteiger charge is 2.27. The molecule has 7 nitrogen and oxygen atoms in total. The number of nitrogens with zero attached hydrogens (tertiary/aromatic N) is 5. The predicted molar refractivity (Wildman–Crippen MR) is 111 cm³/mol. The lowest BCUT2D eigenvalue weighted by Crippen LogP contribution is -2.49. The van der Waals surface area contributed by atoms with Gasteiger partial charge in [-0.25, -0.2) is 9.79 Å². The molecule has 1 aromatic carbocycles. The summed E-state index contributed by atoms with van der Waals surface area (Å²) in [6.07, 6.45) is 5.96. The van der Waals surface area contributed by atoms with Gasteiger partial charge in [0.05, 0.1) is 12.4 Å². The van der Waals surface area contributed by atoms with Crippen molar-refractivity contribution < 1.29 is 4.79 Å². The number of hydrogen-bond donors (Lipinski definition) is 1. The monoisotopic (exact) mass is 384 g/mol. The second-order valence-electron chi connectivity index (χ2n) is 6.87. The zero-order valence-electron chi connectivity index (χ0n) is 15.6. The number of rotatable bonds is 3. The van der Waals surface area contributed by atoms with Crippen molar-refractivity contribution in [3.05, 3.63) is 36.2 Å². The van der Waals surface area contributed by atoms with Crippen molar-refractivity contribution in [1.82, 2.24) is 14.7 Å². The standard InChI is InChI=1S/C19H24N6OS/c1-14-12-25-13-20-17(11-18(25)21-14)23-7-9-24(10-8-23)19(26)22-15-3-5-16(27-2)6-4-15/h3-6,11,13-14H,7-10,12H2,1-2H3,(H,22,26)/t14-/m1/s1. The molecule has 0 radical (unpaired) electrons. The van der Waals surface area contributed by atoms with Crippen LogP contribution in [0.15, 0.2) is 51.0 Å². The van der Waals surface area contributed by atoms with E-state index in [4.69, 9.17) is 0 Å². The lowest BCUT2D eigenvalue weighted by Gasteiger charge is -2.36. The Morgan fingerprint density at radius 1 is 1.19 bits per heavy atom. The summed E-state index contributed by atoms with van der Waals surface area (Å²) in [5.41, 5.74) is 0.827. The fourth-order valence-corrected chi connectivity index (χ4v) is 3.82. The van der Waals surface area contributed by atoms with Crippen LogP contribution in [0, 0.1) is 0 Å². The third-order valence-corrected chi connectivity index (χ3v) is 5.67. The van der Waals surface area contributed by atoms with E-state index in [-0.39, 0.29) is 6.03 Å². The summed E-state index contributed by atoms with van der Waals surface area (Å²) in [4.78, 5) is 29.1. The molecule has 3 aliphatic heterocycles. The van der Waals surface area contributed by atoms with Crippen LogP contribution >= 0.6 is 11.8 Å². The number of thioether (sulfide) groups is 1. The fraction of sp³-hybridized carbons (Fsp3) is 0.421. The van der Waals surface area contributed by atoms with E-state index in [1.54, 1.807) is 11.8 Å². The van der Waals surface area contributed by atoms with Gasteiger partial charge in [-0.1, -0.05) is 0 Å². The summed E-state index contributed by atoms with van der Waals surface area (Å²) < 4.78 is 0. The maximum atomic E-state index is 12.5. The molecular formula is C19H24N6OS. The first-order valence-electron chi connectivity index (χ1n) is 9.17. The van der Waals surface area contributed by atoms with Crippen LogP contribution < -0.4 is 5.32 Å². The van der Waals surface area contributed by atoms with E-state index >= 15 is 0 Å². The molecule has 0 aromatic heterocycles. The minimum absolute atomic E-state index is 0.0483. The first-order valence-corrected chi connectivity index (χ1v) is 10.4. The highest BCUT2D eigenvalue weighted by molar-refractivity contribution is 7.98. The molecule has 0 spiro atoms. The van der Waals surface area contributed by atoms with Gasteiger partial charge in [0, 0.05) is 49.4 Å². The van der Waals surface area contributed by atoms with Gasteiger partial charge in [0.1, 0.15) is 11.7 Å². The average molecular weight is 385 g/mol. The van der Waals surface area contributed by atoms with E-state index in [0.717, 1.165) is 37.0 Å². The molecule has 1 atom stereocenters. The molecule has 142 valence electrons. The van der Waals surface area contributed by atoms with Crippen LogP contribution in [0.4, 0.5) is 10.5 Å². The van der Waals surface area contributed by atoms with Crippen molar-refractivity contribution in [2.24, 2.45) is 9.98 Å². The van der Waals surface area contributed by atoms with Gasteiger partial charge in [0.2, 0.25) is 0 Å². The maximum absolute atomic E-state index is 12.5. The molecular weight excluding hydrogens is 360 g/mol. The number of hydrogen-bond acceptors (Lipinski definition) is 6. The minimum Gasteiger partial charge on any atom is -0.353 e. The van der Waals surface area contributed by atoms with Crippen molar-refractivity contribution in [2.75, 3.05) is 44.3 Å². The van der Waals surface area contributed by atoms with E-state index in [2.05, 4.69) is 32.0 Å². The molecule has 1 fully saturated rings. The molecule has 27 heavy (non-hydrogen) atoms. The minimum atomic E-state index is -0.0483. The van der Waals surface area contributed by atoms with Gasteiger partial charge in [0.25, 0.3) is 0 Å². The highest BCUT2D eigenvalue weighted by Crippen LogP contribution is 2.20. The van der Waals surface area contributed by atoms with Crippen molar-refractivity contribution in [3.63, 3.8) is 0 Å². The Morgan fingerprint density at radius 3 is 2.63 bits per heavy atom. The van der Waals surface area contributed by atoms with Crippen LogP contribution in [0.25, 0.3) is 0 Å². The van der Waals surface area contributed by atoms with Crippen molar-refractivity contribution >= 4 is 35.7 Å². The summed E-state index contributed by atoms with van der Waals surface area (Å²) >= 11 is 1.69. The predicted octanol–water partition coefficient (Wildman–Crippen LogP) is 2.54. The molecule has 1 N–H and O–H groups in total. The quantitative estimate of drug-likeness (QED) is 0.814. The third-order valence-electron chi connectivity index (χ3n) is 4.93. The molecule has 0 bridgehead atoms. The van der Waals surface area contributed by atoms with Crippen molar-refractivity contribution in [1.29, 1.82) is 0 Å². The Labute approximate surface area is 163 Å². The maximum Gasteiger partial charge on any atom is 0.321 e. The van der Waals surface area contributed by atoms with Crippen molar-refractivity contribution in [3.8, 4) is 0 Å². The molecule has 1 aromatic rings. The molecule has 4 rings (SSSR count). The van der Waals surface area contributed by atoms with E-state index in [0.29, 0.717) is 19.1 Å². The van der Waals surface area contributed by atoms with Gasteiger partial charge in [-0.15, -0.1) is 11.8 Å². The Morgan fingerprint density at radius 2 is 1.93 bits per heavy atom. The van der Waals surface area contributed by atoms with E-state index in [1.165, 1.54) is 4.90 Å². The molecule has 3 heterocycles. The number of amidine groups is 1. The summed E-state index contributed by atoms with van der Waals surface area (Å²) in [6, 6.07) is 8.18. The number of anilines is 1. The van der Waals surface area contributed by atoms with E-state index < -0.39 is 0 Å². The molecule has 0 unspecified atom stereocenters. The van der Waals surface area contributed by atoms with Gasteiger partial charge in [0.15, 0.2) is 0 Å². The zero-order chi connectivity index (χ0) is 18.8. The van der Waals surface area contributed by atoms with Gasteiger partial charge < -0.3 is 20.0 Å². The summed E-state index contributed by atoms with van der Waals surface area (Å²) in [6.45, 7) is 5.89. The molecule has 0 saturated carbocycles. The van der Waals surface area contributed by atoms with E-state index in [1.807, 2.05) is 47.8 Å². The van der Waals surface area contributed by atoms with E-state index in [9.17, 15) is 4.79 Å². The Bertz CT molecular complexity index is 795. The molecule has 1 saturated heterocycles. The lowest BCUT2D eigenvalue weighted by molar-refractivity contribution is 0.167. The molecule has 8 heteroatoms. The number of amides is 2. The number of aliphatic imine (C=N–C) groups is 2. The van der Waals surface area contributed by atoms with Crippen molar-refractivity contribution in [2.45, 2.75) is 17.9 Å². The molecule has 3 aliphatic rings. The number of benzene rings is 1. The largest absolute Gasteiger partial charge is 0.353 e. The van der Waals surface area contributed by atoms with Crippen LogP contribution in [-0.2, 0) is 0 Å². The lowest BCUT2D eigenvalue weighted by atomic mass is 10.3. The number of urea groups is 1. The smallest absolute Gasteiger partial charge is 0.321 e. The van der Waals surface area contributed by atoms with Crippen LogP contribution in [0.3, 0.4) is 0 Å². The van der Waals surface area contributed by atoms with Gasteiger partial charge in [-0.2, -0.15) is 0 Å². The summed E-state index contributed by atoms with van der Waals surface area (Å²) in [7, 11) is 0. The van der Waals surface area contributed by atoms with Gasteiger partial charge >= 0.3 is 6.03 Å². The van der Waals surface area contributed by atoms with Crippen LogP contribution in [0.2, 0.25) is 0 Å². The van der Waals surface area contributed by atoms with Gasteiger partial charge in [-0.3, -0.25) is 4.99 Å². The highest BCUT2D eigenvalue weighted by atomic mass is 32.2. The Balaban J connectivity index is 1.32. The number of fused-ring (bicyclic) bond motifs is 1. The number of carbonyl (C=O) groups is 1. The first kappa shape index (κ1) is 17.9. The Kier molecular flexibility index (Phi) is 5.07.